The molecular formula is C11H10BrF3O3. The van der Waals surface area contributed by atoms with E-state index in [0.717, 1.165) is 19.2 Å². The van der Waals surface area contributed by atoms with Crippen LogP contribution >= 0.6 is 15.9 Å². The number of rotatable bonds is 3. The second kappa shape index (κ2) is 5.71. The molecule has 1 atom stereocenters. The average molecular weight is 327 g/mol. The normalized spacial score (nSPS) is 13.2. The highest BCUT2D eigenvalue weighted by molar-refractivity contribution is 9.10. The fourth-order valence-corrected chi connectivity index (χ4v) is 1.92. The molecule has 1 aromatic carbocycles. The van der Waals surface area contributed by atoms with Gasteiger partial charge in [-0.25, -0.2) is 4.79 Å². The largest absolute Gasteiger partial charge is 0.467 e. The van der Waals surface area contributed by atoms with Gasteiger partial charge in [0, 0.05) is 10.9 Å². The third-order valence-corrected chi connectivity index (χ3v) is 2.65. The summed E-state index contributed by atoms with van der Waals surface area (Å²) in [5.41, 5.74) is -0.654. The number of carbonyl (C=O) groups excluding carboxylic acids is 1. The van der Waals surface area contributed by atoms with Gasteiger partial charge in [-0.15, -0.1) is 0 Å². The zero-order valence-electron chi connectivity index (χ0n) is 9.29. The number of halogens is 4. The summed E-state index contributed by atoms with van der Waals surface area (Å²) in [6.45, 7) is 0. The first kappa shape index (κ1) is 15.0. The Hall–Kier alpha value is -1.08. The van der Waals surface area contributed by atoms with Crippen molar-refractivity contribution in [3.63, 3.8) is 0 Å². The summed E-state index contributed by atoms with van der Waals surface area (Å²) in [4.78, 5) is 11.0. The molecule has 0 aliphatic rings. The number of benzene rings is 1. The van der Waals surface area contributed by atoms with Gasteiger partial charge in [0.05, 0.1) is 12.7 Å². The lowest BCUT2D eigenvalue weighted by Gasteiger charge is -2.12. The molecule has 1 aromatic rings. The second-order valence-electron chi connectivity index (χ2n) is 3.59. The molecular weight excluding hydrogens is 317 g/mol. The molecule has 0 aromatic heterocycles. The average Bonchev–Trinajstić information content (AvgIpc) is 2.25. The van der Waals surface area contributed by atoms with Crippen LogP contribution in [0.25, 0.3) is 0 Å². The molecule has 1 unspecified atom stereocenters. The highest BCUT2D eigenvalue weighted by Crippen LogP contribution is 2.32. The summed E-state index contributed by atoms with van der Waals surface area (Å²) in [5.74, 6) is -0.886. The van der Waals surface area contributed by atoms with Gasteiger partial charge < -0.3 is 9.84 Å². The van der Waals surface area contributed by atoms with Crippen LogP contribution in [0.1, 0.15) is 11.1 Å². The first-order chi connectivity index (χ1) is 8.24. The monoisotopic (exact) mass is 326 g/mol. The summed E-state index contributed by atoms with van der Waals surface area (Å²) >= 11 is 2.95. The van der Waals surface area contributed by atoms with Gasteiger partial charge in [0.15, 0.2) is 6.10 Å². The van der Waals surface area contributed by atoms with Crippen molar-refractivity contribution in [2.24, 2.45) is 0 Å². The smallest absolute Gasteiger partial charge is 0.416 e. The number of methoxy groups -OCH3 is 1. The molecule has 0 saturated carbocycles. The number of esters is 1. The minimum absolute atomic E-state index is 0.189. The Bertz CT molecular complexity index is 446. The number of aliphatic hydroxyl groups is 1. The number of hydrogen-bond donors (Lipinski definition) is 1. The Labute approximate surface area is 110 Å². The van der Waals surface area contributed by atoms with E-state index in [1.165, 1.54) is 6.07 Å². The predicted molar refractivity (Wildman–Crippen MR) is 60.9 cm³/mol. The summed E-state index contributed by atoms with van der Waals surface area (Å²) < 4.78 is 42.1. The zero-order valence-corrected chi connectivity index (χ0v) is 10.9. The number of carbonyl (C=O) groups is 1. The molecule has 0 saturated heterocycles. The Balaban J connectivity index is 2.97. The molecule has 18 heavy (non-hydrogen) atoms. The summed E-state index contributed by atoms with van der Waals surface area (Å²) in [6, 6.07) is 3.21. The van der Waals surface area contributed by atoms with Gasteiger partial charge in [-0.05, 0) is 23.8 Å². The van der Waals surface area contributed by atoms with Gasteiger partial charge in [-0.3, -0.25) is 0 Å². The Morgan fingerprint density at radius 3 is 2.56 bits per heavy atom. The number of ether oxygens (including phenoxy) is 1. The van der Waals surface area contributed by atoms with Gasteiger partial charge in [0.1, 0.15) is 0 Å². The maximum absolute atomic E-state index is 12.5. The third-order valence-electron chi connectivity index (χ3n) is 2.19. The lowest BCUT2D eigenvalue weighted by Crippen LogP contribution is -2.24. The van der Waals surface area contributed by atoms with E-state index in [9.17, 15) is 23.1 Å². The first-order valence-corrected chi connectivity index (χ1v) is 5.66. The fraction of sp³-hybridized carbons (Fsp3) is 0.364. The molecule has 1 N–H and O–H groups in total. The SMILES string of the molecule is COC(=O)C(O)Cc1cc(Br)cc(C(F)(F)F)c1. The van der Waals surface area contributed by atoms with E-state index < -0.39 is 23.8 Å². The minimum atomic E-state index is -4.48. The van der Waals surface area contributed by atoms with Crippen molar-refractivity contribution in [2.45, 2.75) is 18.7 Å². The van der Waals surface area contributed by atoms with Crippen molar-refractivity contribution in [2.75, 3.05) is 7.11 Å². The van der Waals surface area contributed by atoms with Gasteiger partial charge in [-0.1, -0.05) is 15.9 Å². The van der Waals surface area contributed by atoms with E-state index >= 15 is 0 Å². The van der Waals surface area contributed by atoms with E-state index in [2.05, 4.69) is 20.7 Å². The van der Waals surface area contributed by atoms with Gasteiger partial charge in [0.2, 0.25) is 0 Å². The van der Waals surface area contributed by atoms with Crippen LogP contribution in [0.3, 0.4) is 0 Å². The van der Waals surface area contributed by atoms with Crippen molar-refractivity contribution < 1.29 is 27.8 Å². The van der Waals surface area contributed by atoms with Crippen LogP contribution in [0.15, 0.2) is 22.7 Å². The maximum Gasteiger partial charge on any atom is 0.416 e. The van der Waals surface area contributed by atoms with Crippen molar-refractivity contribution >= 4 is 21.9 Å². The lowest BCUT2D eigenvalue weighted by atomic mass is 10.0. The predicted octanol–water partition coefficient (Wildman–Crippen LogP) is 2.54. The van der Waals surface area contributed by atoms with Crippen LogP contribution in [0.4, 0.5) is 13.2 Å². The van der Waals surface area contributed by atoms with Crippen LogP contribution < -0.4 is 0 Å². The van der Waals surface area contributed by atoms with Crippen molar-refractivity contribution in [1.29, 1.82) is 0 Å². The highest BCUT2D eigenvalue weighted by Gasteiger charge is 2.31. The minimum Gasteiger partial charge on any atom is -0.467 e. The van der Waals surface area contributed by atoms with Crippen LogP contribution in [-0.4, -0.2) is 24.3 Å². The van der Waals surface area contributed by atoms with E-state index in [0.29, 0.717) is 0 Å². The van der Waals surface area contributed by atoms with Crippen LogP contribution in [-0.2, 0) is 22.1 Å². The van der Waals surface area contributed by atoms with E-state index in [1.807, 2.05) is 0 Å². The summed E-state index contributed by atoms with van der Waals surface area (Å²) in [6.07, 6.45) is -6.20. The summed E-state index contributed by atoms with van der Waals surface area (Å²) in [7, 11) is 1.09. The highest BCUT2D eigenvalue weighted by atomic mass is 79.9. The molecule has 0 fully saturated rings. The standard InChI is InChI=1S/C11H10BrF3O3/c1-18-10(17)9(16)4-6-2-7(11(13,14)15)5-8(12)3-6/h2-3,5,9,16H,4H2,1H3. The number of hydrogen-bond acceptors (Lipinski definition) is 3. The quantitative estimate of drug-likeness (QED) is 0.868. The van der Waals surface area contributed by atoms with Crippen molar-refractivity contribution in [3.05, 3.63) is 33.8 Å². The number of alkyl halides is 3. The molecule has 0 spiro atoms. The van der Waals surface area contributed by atoms with Crippen LogP contribution in [0.5, 0.6) is 0 Å². The zero-order chi connectivity index (χ0) is 13.9. The Kier molecular flexibility index (Phi) is 4.75. The topological polar surface area (TPSA) is 46.5 Å². The molecule has 0 radical (unpaired) electrons. The molecule has 3 nitrogen and oxygen atoms in total. The number of aliphatic hydroxyl groups excluding tert-OH is 1. The van der Waals surface area contributed by atoms with Crippen LogP contribution in [0.2, 0.25) is 0 Å². The molecule has 7 heteroatoms. The summed E-state index contributed by atoms with van der Waals surface area (Å²) in [5, 5.41) is 9.38. The molecule has 0 amide bonds. The van der Waals surface area contributed by atoms with Gasteiger partial charge in [-0.2, -0.15) is 13.2 Å². The fourth-order valence-electron chi connectivity index (χ4n) is 1.37. The molecule has 1 rings (SSSR count). The Morgan fingerprint density at radius 1 is 1.44 bits per heavy atom. The maximum atomic E-state index is 12.5. The van der Waals surface area contributed by atoms with Crippen LogP contribution in [0, 0.1) is 0 Å². The molecule has 0 aliphatic heterocycles. The Morgan fingerprint density at radius 2 is 2.06 bits per heavy atom. The molecule has 0 bridgehead atoms. The molecule has 0 aliphatic carbocycles. The van der Waals surface area contributed by atoms with Crippen molar-refractivity contribution in [1.82, 2.24) is 0 Å². The second-order valence-corrected chi connectivity index (χ2v) is 4.50. The van der Waals surface area contributed by atoms with E-state index in [1.54, 1.807) is 0 Å². The van der Waals surface area contributed by atoms with Crippen molar-refractivity contribution in [3.8, 4) is 0 Å². The van der Waals surface area contributed by atoms with Gasteiger partial charge in [0.25, 0.3) is 0 Å². The third kappa shape index (κ3) is 3.99. The molecule has 0 heterocycles. The first-order valence-electron chi connectivity index (χ1n) is 4.86. The van der Waals surface area contributed by atoms with E-state index in [4.69, 9.17) is 0 Å². The van der Waals surface area contributed by atoms with E-state index in [-0.39, 0.29) is 16.5 Å². The van der Waals surface area contributed by atoms with Gasteiger partial charge >= 0.3 is 12.1 Å². The lowest BCUT2D eigenvalue weighted by molar-refractivity contribution is -0.150. The molecule has 100 valence electrons.